The predicted octanol–water partition coefficient (Wildman–Crippen LogP) is 1.83. The predicted molar refractivity (Wildman–Crippen MR) is 66.1 cm³/mol. The van der Waals surface area contributed by atoms with Crippen molar-refractivity contribution in [3.63, 3.8) is 0 Å². The maximum absolute atomic E-state index is 12.0. The van der Waals surface area contributed by atoms with Gasteiger partial charge >= 0.3 is 5.97 Å². The summed E-state index contributed by atoms with van der Waals surface area (Å²) >= 11 is 0. The van der Waals surface area contributed by atoms with Crippen molar-refractivity contribution >= 4 is 17.6 Å². The fourth-order valence-corrected chi connectivity index (χ4v) is 2.29. The number of carbonyl (C=O) groups is 2. The van der Waals surface area contributed by atoms with Crippen LogP contribution in [0.25, 0.3) is 0 Å². The third-order valence-corrected chi connectivity index (χ3v) is 3.43. The fraction of sp³-hybridized carbons (Fsp3) is 0.462. The lowest BCUT2D eigenvalue weighted by Crippen LogP contribution is -2.22. The van der Waals surface area contributed by atoms with E-state index in [1.165, 1.54) is 0 Å². The fourth-order valence-electron chi connectivity index (χ4n) is 2.29. The Morgan fingerprint density at radius 2 is 2.11 bits per heavy atom. The maximum atomic E-state index is 12.0. The third-order valence-electron chi connectivity index (χ3n) is 3.43. The van der Waals surface area contributed by atoms with E-state index in [0.29, 0.717) is 19.3 Å². The molecule has 18 heavy (non-hydrogen) atoms. The van der Waals surface area contributed by atoms with Crippen molar-refractivity contribution < 1.29 is 14.7 Å². The van der Waals surface area contributed by atoms with Crippen LogP contribution in [0.3, 0.4) is 0 Å². The van der Waals surface area contributed by atoms with Gasteiger partial charge in [0.15, 0.2) is 0 Å². The Hall–Kier alpha value is -1.91. The summed E-state index contributed by atoms with van der Waals surface area (Å²) < 4.78 is 0. The molecule has 5 heteroatoms. The van der Waals surface area contributed by atoms with E-state index in [0.717, 1.165) is 11.3 Å². The Labute approximate surface area is 105 Å². The number of carboxylic acid groups (broad SMARTS) is 1. The lowest BCUT2D eigenvalue weighted by molar-refractivity contribution is -0.141. The molecule has 5 nitrogen and oxygen atoms in total. The average Bonchev–Trinajstić information content (AvgIpc) is 2.81. The number of carbonyl (C=O) groups excluding carboxylic acids is 1. The van der Waals surface area contributed by atoms with Gasteiger partial charge in [0.05, 0.1) is 5.92 Å². The number of aromatic nitrogens is 1. The number of rotatable bonds is 3. The summed E-state index contributed by atoms with van der Waals surface area (Å²) in [5.41, 5.74) is 1.65. The number of nitrogens with one attached hydrogen (secondary N) is 1. The molecule has 1 saturated carbocycles. The van der Waals surface area contributed by atoms with Gasteiger partial charge in [-0.05, 0) is 37.8 Å². The van der Waals surface area contributed by atoms with Gasteiger partial charge in [0.25, 0.3) is 0 Å². The van der Waals surface area contributed by atoms with Crippen LogP contribution in [0.1, 0.15) is 24.8 Å². The molecule has 1 amide bonds. The summed E-state index contributed by atoms with van der Waals surface area (Å²) in [6.07, 6.45) is 4.97. The summed E-state index contributed by atoms with van der Waals surface area (Å²) in [4.78, 5) is 26.8. The highest BCUT2D eigenvalue weighted by molar-refractivity contribution is 5.93. The van der Waals surface area contributed by atoms with Crippen LogP contribution >= 0.6 is 0 Å². The van der Waals surface area contributed by atoms with Gasteiger partial charge in [-0.25, -0.2) is 0 Å². The van der Waals surface area contributed by atoms with Crippen LogP contribution in [0.2, 0.25) is 0 Å². The second-order valence-electron chi connectivity index (χ2n) is 4.72. The van der Waals surface area contributed by atoms with Crippen LogP contribution in [0.4, 0.5) is 5.69 Å². The molecule has 0 aliphatic heterocycles. The van der Waals surface area contributed by atoms with Crippen molar-refractivity contribution in [2.24, 2.45) is 11.8 Å². The van der Waals surface area contributed by atoms with E-state index in [9.17, 15) is 9.59 Å². The number of carboxylic acids is 1. The summed E-state index contributed by atoms with van der Waals surface area (Å²) in [6, 6.07) is 1.75. The molecule has 1 aliphatic carbocycles. The largest absolute Gasteiger partial charge is 0.481 e. The molecular weight excluding hydrogens is 232 g/mol. The number of hydrogen-bond donors (Lipinski definition) is 2. The van der Waals surface area contributed by atoms with E-state index >= 15 is 0 Å². The molecule has 1 aliphatic rings. The van der Waals surface area contributed by atoms with Crippen LogP contribution in [-0.4, -0.2) is 22.0 Å². The summed E-state index contributed by atoms with van der Waals surface area (Å²) in [5.74, 6) is -1.46. The third kappa shape index (κ3) is 2.67. The summed E-state index contributed by atoms with van der Waals surface area (Å²) in [7, 11) is 0. The minimum atomic E-state index is -0.801. The molecule has 0 saturated heterocycles. The van der Waals surface area contributed by atoms with Gasteiger partial charge in [-0.15, -0.1) is 0 Å². The highest BCUT2D eigenvalue weighted by Crippen LogP contribution is 2.32. The van der Waals surface area contributed by atoms with E-state index in [2.05, 4.69) is 10.3 Å². The second kappa shape index (κ2) is 5.16. The average molecular weight is 248 g/mol. The zero-order chi connectivity index (χ0) is 13.1. The number of aryl methyl sites for hydroxylation is 1. The van der Waals surface area contributed by atoms with Crippen molar-refractivity contribution in [1.82, 2.24) is 4.98 Å². The number of pyridine rings is 1. The quantitative estimate of drug-likeness (QED) is 0.855. The molecule has 1 aromatic rings. The minimum absolute atomic E-state index is 0.0898. The Bertz CT molecular complexity index is 473. The first-order valence-electron chi connectivity index (χ1n) is 6.02. The highest BCUT2D eigenvalue weighted by atomic mass is 16.4. The van der Waals surface area contributed by atoms with Crippen molar-refractivity contribution in [2.75, 3.05) is 5.32 Å². The zero-order valence-corrected chi connectivity index (χ0v) is 10.2. The first-order chi connectivity index (χ1) is 8.58. The van der Waals surface area contributed by atoms with Gasteiger partial charge in [0.1, 0.15) is 0 Å². The Kier molecular flexibility index (Phi) is 3.60. The van der Waals surface area contributed by atoms with Gasteiger partial charge in [-0.2, -0.15) is 0 Å². The molecule has 0 spiro atoms. The molecule has 0 radical (unpaired) electrons. The van der Waals surface area contributed by atoms with Gasteiger partial charge in [0.2, 0.25) is 5.91 Å². The van der Waals surface area contributed by atoms with Crippen molar-refractivity contribution in [3.8, 4) is 0 Å². The smallest absolute Gasteiger partial charge is 0.306 e. The number of anilines is 1. The van der Waals surface area contributed by atoms with Crippen molar-refractivity contribution in [3.05, 3.63) is 24.0 Å². The van der Waals surface area contributed by atoms with E-state index in [1.54, 1.807) is 18.5 Å². The normalized spacial score (nSPS) is 22.7. The van der Waals surface area contributed by atoms with Gasteiger partial charge in [-0.1, -0.05) is 0 Å². The van der Waals surface area contributed by atoms with Gasteiger partial charge < -0.3 is 10.4 Å². The number of nitrogens with zero attached hydrogens (tertiary/aromatic N) is 1. The van der Waals surface area contributed by atoms with Gasteiger partial charge in [-0.3, -0.25) is 14.6 Å². The molecule has 1 aromatic heterocycles. The molecule has 0 unspecified atom stereocenters. The lowest BCUT2D eigenvalue weighted by Gasteiger charge is -2.12. The molecular formula is C13H16N2O3. The van der Waals surface area contributed by atoms with Crippen LogP contribution < -0.4 is 5.32 Å². The second-order valence-corrected chi connectivity index (χ2v) is 4.72. The topological polar surface area (TPSA) is 79.3 Å². The van der Waals surface area contributed by atoms with Crippen LogP contribution in [-0.2, 0) is 9.59 Å². The molecule has 96 valence electrons. The SMILES string of the molecule is Cc1cnccc1NC(=O)[C@@H]1CC[C@H](C(=O)O)C1. The van der Waals surface area contributed by atoms with Gasteiger partial charge in [0, 0.05) is 24.0 Å². The van der Waals surface area contributed by atoms with Crippen LogP contribution in [0.5, 0.6) is 0 Å². The molecule has 2 rings (SSSR count). The zero-order valence-electron chi connectivity index (χ0n) is 10.2. The molecule has 2 atom stereocenters. The number of hydrogen-bond acceptors (Lipinski definition) is 3. The Morgan fingerprint density at radius 1 is 1.39 bits per heavy atom. The molecule has 0 aromatic carbocycles. The van der Waals surface area contributed by atoms with E-state index in [4.69, 9.17) is 5.11 Å². The first kappa shape index (κ1) is 12.5. The maximum Gasteiger partial charge on any atom is 0.306 e. The first-order valence-corrected chi connectivity index (χ1v) is 6.02. The molecule has 2 N–H and O–H groups in total. The Balaban J connectivity index is 1.98. The molecule has 1 heterocycles. The Morgan fingerprint density at radius 3 is 2.72 bits per heavy atom. The van der Waals surface area contributed by atoms with E-state index < -0.39 is 5.97 Å². The monoisotopic (exact) mass is 248 g/mol. The van der Waals surface area contributed by atoms with E-state index in [1.807, 2.05) is 6.92 Å². The summed E-state index contributed by atoms with van der Waals surface area (Å²) in [5, 5.41) is 11.7. The summed E-state index contributed by atoms with van der Waals surface area (Å²) in [6.45, 7) is 1.87. The highest BCUT2D eigenvalue weighted by Gasteiger charge is 2.33. The van der Waals surface area contributed by atoms with E-state index in [-0.39, 0.29) is 17.7 Å². The lowest BCUT2D eigenvalue weighted by atomic mass is 10.0. The molecule has 0 bridgehead atoms. The van der Waals surface area contributed by atoms with Crippen molar-refractivity contribution in [2.45, 2.75) is 26.2 Å². The number of amides is 1. The molecule has 1 fully saturated rings. The number of aliphatic carboxylic acids is 1. The standard InChI is InChI=1S/C13H16N2O3/c1-8-7-14-5-4-11(8)15-12(16)9-2-3-10(6-9)13(17)18/h4-5,7,9-10H,2-3,6H2,1H3,(H,17,18)(H,14,15,16)/t9-,10+/m1/s1. The van der Waals surface area contributed by atoms with Crippen LogP contribution in [0.15, 0.2) is 18.5 Å². The minimum Gasteiger partial charge on any atom is -0.481 e. The van der Waals surface area contributed by atoms with Crippen molar-refractivity contribution in [1.29, 1.82) is 0 Å². The van der Waals surface area contributed by atoms with Crippen LogP contribution in [0, 0.1) is 18.8 Å².